The van der Waals surface area contributed by atoms with Gasteiger partial charge in [0.2, 0.25) is 11.8 Å². The fourth-order valence-corrected chi connectivity index (χ4v) is 5.07. The summed E-state index contributed by atoms with van der Waals surface area (Å²) in [6.07, 6.45) is 7.62. The maximum atomic E-state index is 13.5. The van der Waals surface area contributed by atoms with Crippen LogP contribution in [0.5, 0.6) is 11.6 Å². The van der Waals surface area contributed by atoms with Crippen LogP contribution in [0.4, 0.5) is 0 Å². The smallest absolute Gasteiger partial charge is 0.257 e. The van der Waals surface area contributed by atoms with Crippen molar-refractivity contribution in [3.8, 4) is 11.6 Å². The molecule has 2 amide bonds. The van der Waals surface area contributed by atoms with Crippen molar-refractivity contribution in [1.82, 2.24) is 20.1 Å². The topological polar surface area (TPSA) is 84.0 Å². The highest BCUT2D eigenvalue weighted by atomic mass is 35.5. The van der Waals surface area contributed by atoms with Gasteiger partial charge in [0.25, 0.3) is 5.91 Å². The van der Waals surface area contributed by atoms with Gasteiger partial charge in [-0.25, -0.2) is 4.98 Å². The highest BCUT2D eigenvalue weighted by molar-refractivity contribution is 6.30. The van der Waals surface area contributed by atoms with Crippen LogP contribution in [-0.2, 0) is 9.53 Å². The van der Waals surface area contributed by atoms with Crippen LogP contribution < -0.4 is 10.1 Å². The van der Waals surface area contributed by atoms with E-state index in [1.54, 1.807) is 36.5 Å². The van der Waals surface area contributed by atoms with Gasteiger partial charge in [0.1, 0.15) is 17.4 Å². The van der Waals surface area contributed by atoms with Crippen molar-refractivity contribution in [3.05, 3.63) is 52.7 Å². The summed E-state index contributed by atoms with van der Waals surface area (Å²) in [5.74, 6) is 0.690. The summed E-state index contributed by atoms with van der Waals surface area (Å²) in [5.41, 5.74) is 1.07. The Morgan fingerprint density at radius 2 is 1.89 bits per heavy atom. The number of nitrogens with one attached hydrogen (secondary N) is 1. The number of ether oxygens (including phenoxy) is 2. The number of aryl methyl sites for hydroxylation is 1. The molecule has 1 N–H and O–H groups in total. The lowest BCUT2D eigenvalue weighted by atomic mass is 9.90. The van der Waals surface area contributed by atoms with E-state index in [0.29, 0.717) is 36.4 Å². The van der Waals surface area contributed by atoms with Crippen LogP contribution in [0.15, 0.2) is 36.5 Å². The van der Waals surface area contributed by atoms with Gasteiger partial charge in [0.15, 0.2) is 0 Å². The molecule has 8 nitrogen and oxygen atoms in total. The zero-order chi connectivity index (χ0) is 26.2. The average molecular weight is 529 g/mol. The maximum absolute atomic E-state index is 13.5. The SMILES string of the molecule is Cc1cc(Cl)ccc1Oc1ncccc1C(=O)NC(COCC1CCCCC1)C(=O)N1CCN(C)CC1. The minimum atomic E-state index is -0.787. The summed E-state index contributed by atoms with van der Waals surface area (Å²) in [6.45, 7) is 5.48. The van der Waals surface area contributed by atoms with Crippen LogP contribution in [0, 0.1) is 12.8 Å². The molecule has 0 spiro atoms. The van der Waals surface area contributed by atoms with Gasteiger partial charge in [-0.05, 0) is 68.6 Å². The zero-order valence-electron chi connectivity index (χ0n) is 21.7. The predicted molar refractivity (Wildman–Crippen MR) is 143 cm³/mol. The van der Waals surface area contributed by atoms with Crippen molar-refractivity contribution in [3.63, 3.8) is 0 Å². The first-order valence-corrected chi connectivity index (χ1v) is 13.5. The van der Waals surface area contributed by atoms with E-state index >= 15 is 0 Å². The molecule has 1 aliphatic heterocycles. The first-order chi connectivity index (χ1) is 17.9. The molecule has 9 heteroatoms. The molecule has 200 valence electrons. The summed E-state index contributed by atoms with van der Waals surface area (Å²) < 4.78 is 12.0. The Hall–Kier alpha value is -2.68. The zero-order valence-corrected chi connectivity index (χ0v) is 22.5. The fraction of sp³-hybridized carbons (Fsp3) is 0.536. The van der Waals surface area contributed by atoms with Crippen LogP contribution in [0.2, 0.25) is 5.02 Å². The Bertz CT molecular complexity index is 1070. The predicted octanol–water partition coefficient (Wildman–Crippen LogP) is 4.31. The molecule has 1 aromatic heterocycles. The Labute approximate surface area is 224 Å². The highest BCUT2D eigenvalue weighted by Gasteiger charge is 2.30. The molecule has 37 heavy (non-hydrogen) atoms. The van der Waals surface area contributed by atoms with E-state index in [9.17, 15) is 9.59 Å². The first kappa shape index (κ1) is 27.4. The Kier molecular flexibility index (Phi) is 9.77. The molecule has 1 aromatic carbocycles. The van der Waals surface area contributed by atoms with E-state index in [0.717, 1.165) is 31.5 Å². The molecule has 0 radical (unpaired) electrons. The standard InChI is InChI=1S/C28H37ClN4O4/c1-20-17-22(29)10-11-25(20)37-27-23(9-6-12-30-27)26(34)31-24(19-36-18-21-7-4-3-5-8-21)28(35)33-15-13-32(2)14-16-33/h6,9-12,17,21,24H,3-5,7-8,13-16,18-19H2,1-2H3,(H,31,34). The number of carbonyl (C=O) groups is 2. The van der Waals surface area contributed by atoms with Crippen LogP contribution in [0.25, 0.3) is 0 Å². The molecule has 1 saturated carbocycles. The third-order valence-electron chi connectivity index (χ3n) is 7.14. The summed E-state index contributed by atoms with van der Waals surface area (Å²) in [4.78, 5) is 35.2. The molecule has 2 aliphatic rings. The van der Waals surface area contributed by atoms with Crippen molar-refractivity contribution >= 4 is 23.4 Å². The van der Waals surface area contributed by atoms with Crippen LogP contribution in [0.3, 0.4) is 0 Å². The van der Waals surface area contributed by atoms with Crippen molar-refractivity contribution in [2.75, 3.05) is 46.4 Å². The summed E-state index contributed by atoms with van der Waals surface area (Å²) in [5, 5.41) is 3.52. The van der Waals surface area contributed by atoms with Gasteiger partial charge in [-0.2, -0.15) is 0 Å². The second kappa shape index (κ2) is 13.2. The number of hydrogen-bond donors (Lipinski definition) is 1. The summed E-state index contributed by atoms with van der Waals surface area (Å²) in [7, 11) is 2.04. The average Bonchev–Trinajstić information content (AvgIpc) is 2.90. The van der Waals surface area contributed by atoms with E-state index in [4.69, 9.17) is 21.1 Å². The van der Waals surface area contributed by atoms with Gasteiger partial charge in [-0.15, -0.1) is 0 Å². The minimum Gasteiger partial charge on any atom is -0.438 e. The van der Waals surface area contributed by atoms with Gasteiger partial charge in [-0.3, -0.25) is 9.59 Å². The van der Waals surface area contributed by atoms with Crippen LogP contribution in [0.1, 0.15) is 48.0 Å². The lowest BCUT2D eigenvalue weighted by Gasteiger charge is -2.35. The van der Waals surface area contributed by atoms with Gasteiger partial charge in [-0.1, -0.05) is 30.9 Å². The lowest BCUT2D eigenvalue weighted by molar-refractivity contribution is -0.136. The van der Waals surface area contributed by atoms with E-state index < -0.39 is 11.9 Å². The highest BCUT2D eigenvalue weighted by Crippen LogP contribution is 2.28. The fourth-order valence-electron chi connectivity index (χ4n) is 4.84. The van der Waals surface area contributed by atoms with E-state index in [1.807, 2.05) is 18.9 Å². The molecule has 1 saturated heterocycles. The second-order valence-electron chi connectivity index (χ2n) is 10.1. The Morgan fingerprint density at radius 3 is 2.62 bits per heavy atom. The van der Waals surface area contributed by atoms with E-state index in [2.05, 4.69) is 15.2 Å². The Morgan fingerprint density at radius 1 is 1.14 bits per heavy atom. The van der Waals surface area contributed by atoms with E-state index in [-0.39, 0.29) is 24.0 Å². The molecule has 2 heterocycles. The monoisotopic (exact) mass is 528 g/mol. The third kappa shape index (κ3) is 7.66. The molecule has 1 atom stereocenters. The number of nitrogens with zero attached hydrogens (tertiary/aromatic N) is 3. The number of amides is 2. The molecule has 4 rings (SSSR count). The molecule has 2 aromatic rings. The van der Waals surface area contributed by atoms with Crippen LogP contribution >= 0.6 is 11.6 Å². The summed E-state index contributed by atoms with van der Waals surface area (Å²) >= 11 is 6.07. The lowest BCUT2D eigenvalue weighted by Crippen LogP contribution is -2.55. The number of benzene rings is 1. The summed E-state index contributed by atoms with van der Waals surface area (Å²) in [6, 6.07) is 7.78. The van der Waals surface area contributed by atoms with Crippen molar-refractivity contribution < 1.29 is 19.1 Å². The van der Waals surface area contributed by atoms with Crippen LogP contribution in [-0.4, -0.2) is 79.1 Å². The number of hydrogen-bond acceptors (Lipinski definition) is 6. The number of likely N-dealkylation sites (N-methyl/N-ethyl adjacent to an activating group) is 1. The third-order valence-corrected chi connectivity index (χ3v) is 7.38. The second-order valence-corrected chi connectivity index (χ2v) is 10.5. The maximum Gasteiger partial charge on any atom is 0.257 e. The number of aromatic nitrogens is 1. The molecular weight excluding hydrogens is 492 g/mol. The molecule has 0 bridgehead atoms. The number of pyridine rings is 1. The van der Waals surface area contributed by atoms with Gasteiger partial charge in [0, 0.05) is 44.0 Å². The first-order valence-electron chi connectivity index (χ1n) is 13.2. The van der Waals surface area contributed by atoms with Crippen molar-refractivity contribution in [2.24, 2.45) is 5.92 Å². The number of rotatable bonds is 9. The largest absolute Gasteiger partial charge is 0.438 e. The van der Waals surface area contributed by atoms with Crippen molar-refractivity contribution in [1.29, 1.82) is 0 Å². The van der Waals surface area contributed by atoms with Crippen molar-refractivity contribution in [2.45, 2.75) is 45.1 Å². The number of carbonyl (C=O) groups excluding carboxylic acids is 2. The van der Waals surface area contributed by atoms with Gasteiger partial charge in [0.05, 0.1) is 6.61 Å². The normalized spacial score (nSPS) is 17.9. The molecule has 1 unspecified atom stereocenters. The molecule has 1 aliphatic carbocycles. The van der Waals surface area contributed by atoms with Gasteiger partial charge < -0.3 is 24.6 Å². The quantitative estimate of drug-likeness (QED) is 0.522. The molecule has 2 fully saturated rings. The van der Waals surface area contributed by atoms with Gasteiger partial charge >= 0.3 is 0 Å². The Balaban J connectivity index is 1.46. The molecular formula is C28H37ClN4O4. The minimum absolute atomic E-state index is 0.120. The van der Waals surface area contributed by atoms with E-state index in [1.165, 1.54) is 19.3 Å². The number of halogens is 1. The number of piperazine rings is 1.